The fraction of sp³-hybridized carbons (Fsp3) is 0.615. The molecule has 0 saturated carbocycles. The molecular formula is C13H19N5O2. The predicted molar refractivity (Wildman–Crippen MR) is 71.8 cm³/mol. The van der Waals surface area contributed by atoms with E-state index < -0.39 is 5.54 Å². The van der Waals surface area contributed by atoms with Crippen LogP contribution in [0.5, 0.6) is 0 Å². The highest BCUT2D eigenvalue weighted by atomic mass is 16.5. The zero-order chi connectivity index (χ0) is 14.8. The lowest BCUT2D eigenvalue weighted by atomic mass is 10.1. The van der Waals surface area contributed by atoms with Crippen molar-refractivity contribution in [3.63, 3.8) is 0 Å². The Kier molecular flexibility index (Phi) is 3.95. The molecule has 0 atom stereocenters. The van der Waals surface area contributed by atoms with Gasteiger partial charge in [0.05, 0.1) is 30.9 Å². The van der Waals surface area contributed by atoms with Crippen LogP contribution in [0.2, 0.25) is 0 Å². The van der Waals surface area contributed by atoms with Gasteiger partial charge in [0.2, 0.25) is 0 Å². The van der Waals surface area contributed by atoms with Crippen molar-refractivity contribution in [3.05, 3.63) is 17.5 Å². The average Bonchev–Trinajstić information content (AvgIpc) is 2.79. The van der Waals surface area contributed by atoms with Crippen LogP contribution in [0, 0.1) is 11.3 Å². The Bertz CT molecular complexity index is 543. The highest BCUT2D eigenvalue weighted by molar-refractivity contribution is 5.75. The molecule has 108 valence electrons. The molecule has 0 aliphatic carbocycles. The molecule has 1 aliphatic heterocycles. The Hall–Kier alpha value is -2.07. The zero-order valence-corrected chi connectivity index (χ0v) is 12.0. The third-order valence-corrected chi connectivity index (χ3v) is 3.15. The number of nitriles is 1. The molecule has 0 fully saturated rings. The number of carbonyl (C=O) groups excluding carboxylic acids is 1. The van der Waals surface area contributed by atoms with Crippen molar-refractivity contribution < 1.29 is 9.53 Å². The molecule has 2 rings (SSSR count). The lowest BCUT2D eigenvalue weighted by Crippen LogP contribution is -2.53. The monoisotopic (exact) mass is 277 g/mol. The molecule has 1 N–H and O–H groups in total. The van der Waals surface area contributed by atoms with E-state index >= 15 is 0 Å². The summed E-state index contributed by atoms with van der Waals surface area (Å²) in [5.74, 6) is 0. The first kappa shape index (κ1) is 14.3. The van der Waals surface area contributed by atoms with E-state index in [0.29, 0.717) is 31.9 Å². The van der Waals surface area contributed by atoms with E-state index in [1.54, 1.807) is 22.8 Å². The maximum Gasteiger partial charge on any atom is 0.318 e. The third kappa shape index (κ3) is 3.08. The number of urea groups is 1. The number of amides is 2. The van der Waals surface area contributed by atoms with E-state index in [-0.39, 0.29) is 6.03 Å². The second kappa shape index (κ2) is 5.51. The first-order valence-electron chi connectivity index (χ1n) is 6.48. The summed E-state index contributed by atoms with van der Waals surface area (Å²) >= 11 is 0. The molecule has 0 saturated heterocycles. The van der Waals surface area contributed by atoms with E-state index in [1.807, 2.05) is 19.9 Å². The van der Waals surface area contributed by atoms with E-state index in [4.69, 9.17) is 10.00 Å². The second-order valence-corrected chi connectivity index (χ2v) is 5.52. The first-order valence-corrected chi connectivity index (χ1v) is 6.48. The number of hydrogen-bond acceptors (Lipinski definition) is 4. The van der Waals surface area contributed by atoms with E-state index in [2.05, 4.69) is 10.4 Å². The number of hydrogen-bond donors (Lipinski definition) is 1. The Morgan fingerprint density at radius 3 is 3.00 bits per heavy atom. The van der Waals surface area contributed by atoms with Gasteiger partial charge in [0.25, 0.3) is 0 Å². The predicted octanol–water partition coefficient (Wildman–Crippen LogP) is 0.705. The SMILES string of the molecule is COCC(C)(C)NC(=O)N1CCn2nc(C#N)cc2C1. The van der Waals surface area contributed by atoms with Gasteiger partial charge >= 0.3 is 6.03 Å². The van der Waals surface area contributed by atoms with Gasteiger partial charge in [-0.1, -0.05) is 0 Å². The molecule has 1 aromatic rings. The van der Waals surface area contributed by atoms with E-state index in [9.17, 15) is 4.79 Å². The number of rotatable bonds is 3. The minimum Gasteiger partial charge on any atom is -0.382 e. The van der Waals surface area contributed by atoms with E-state index in [1.165, 1.54) is 0 Å². The molecule has 2 amide bonds. The minimum absolute atomic E-state index is 0.127. The number of nitrogens with one attached hydrogen (secondary N) is 1. The molecule has 2 heterocycles. The molecule has 0 aromatic carbocycles. The molecule has 7 nitrogen and oxygen atoms in total. The van der Waals surface area contributed by atoms with Crippen molar-refractivity contribution in [2.75, 3.05) is 20.3 Å². The highest BCUT2D eigenvalue weighted by Gasteiger charge is 2.27. The third-order valence-electron chi connectivity index (χ3n) is 3.15. The van der Waals surface area contributed by atoms with Gasteiger partial charge in [-0.2, -0.15) is 10.4 Å². The van der Waals surface area contributed by atoms with Crippen molar-refractivity contribution in [1.29, 1.82) is 5.26 Å². The molecule has 20 heavy (non-hydrogen) atoms. The summed E-state index contributed by atoms with van der Waals surface area (Å²) in [6.45, 7) is 5.92. The number of nitrogens with zero attached hydrogens (tertiary/aromatic N) is 4. The largest absolute Gasteiger partial charge is 0.382 e. The number of methoxy groups -OCH3 is 1. The van der Waals surface area contributed by atoms with Crippen molar-refractivity contribution in [2.24, 2.45) is 0 Å². The maximum atomic E-state index is 12.2. The van der Waals surface area contributed by atoms with Crippen LogP contribution in [0.15, 0.2) is 6.07 Å². The van der Waals surface area contributed by atoms with Crippen LogP contribution in [-0.4, -0.2) is 46.5 Å². The highest BCUT2D eigenvalue weighted by Crippen LogP contribution is 2.14. The molecule has 1 aromatic heterocycles. The quantitative estimate of drug-likeness (QED) is 0.881. The summed E-state index contributed by atoms with van der Waals surface area (Å²) in [4.78, 5) is 14.0. The Labute approximate surface area is 118 Å². The van der Waals surface area contributed by atoms with Gasteiger partial charge in [-0.15, -0.1) is 0 Å². The van der Waals surface area contributed by atoms with Crippen LogP contribution in [-0.2, 0) is 17.8 Å². The van der Waals surface area contributed by atoms with Crippen LogP contribution in [0.3, 0.4) is 0 Å². The lowest BCUT2D eigenvalue weighted by molar-refractivity contribution is 0.119. The molecule has 0 bridgehead atoms. The Balaban J connectivity index is 2.02. The molecular weight excluding hydrogens is 258 g/mol. The Morgan fingerprint density at radius 1 is 1.60 bits per heavy atom. The number of aromatic nitrogens is 2. The normalized spacial score (nSPS) is 14.6. The van der Waals surface area contributed by atoms with Crippen LogP contribution in [0.4, 0.5) is 4.79 Å². The van der Waals surface area contributed by atoms with Gasteiger partial charge in [0, 0.05) is 13.7 Å². The molecule has 0 unspecified atom stereocenters. The van der Waals surface area contributed by atoms with Crippen LogP contribution < -0.4 is 5.32 Å². The number of carbonyl (C=O) groups is 1. The smallest absolute Gasteiger partial charge is 0.318 e. The maximum absolute atomic E-state index is 12.2. The van der Waals surface area contributed by atoms with Gasteiger partial charge in [-0.05, 0) is 19.9 Å². The van der Waals surface area contributed by atoms with E-state index in [0.717, 1.165) is 5.69 Å². The summed E-state index contributed by atoms with van der Waals surface area (Å²) in [7, 11) is 1.61. The van der Waals surface area contributed by atoms with Crippen LogP contribution in [0.1, 0.15) is 25.2 Å². The molecule has 1 aliphatic rings. The summed E-state index contributed by atoms with van der Waals surface area (Å²) in [6.07, 6.45) is 0. The average molecular weight is 277 g/mol. The topological polar surface area (TPSA) is 83.2 Å². The summed E-state index contributed by atoms with van der Waals surface area (Å²) in [5, 5.41) is 15.9. The van der Waals surface area contributed by atoms with Gasteiger partial charge in [0.1, 0.15) is 6.07 Å². The van der Waals surface area contributed by atoms with Crippen molar-refractivity contribution in [2.45, 2.75) is 32.5 Å². The first-order chi connectivity index (χ1) is 9.45. The second-order valence-electron chi connectivity index (χ2n) is 5.52. The molecule has 0 radical (unpaired) electrons. The van der Waals surface area contributed by atoms with Gasteiger partial charge < -0.3 is 15.0 Å². The van der Waals surface area contributed by atoms with Gasteiger partial charge in [-0.3, -0.25) is 4.68 Å². The van der Waals surface area contributed by atoms with Crippen LogP contribution in [0.25, 0.3) is 0 Å². The van der Waals surface area contributed by atoms with Crippen molar-refractivity contribution in [1.82, 2.24) is 20.0 Å². The summed E-state index contributed by atoms with van der Waals surface area (Å²) in [6, 6.07) is 3.61. The van der Waals surface area contributed by atoms with Crippen molar-refractivity contribution >= 4 is 6.03 Å². The minimum atomic E-state index is -0.415. The van der Waals surface area contributed by atoms with Gasteiger partial charge in [-0.25, -0.2) is 4.79 Å². The number of ether oxygens (including phenoxy) is 1. The zero-order valence-electron chi connectivity index (χ0n) is 12.0. The van der Waals surface area contributed by atoms with Crippen LogP contribution >= 0.6 is 0 Å². The molecule has 0 spiro atoms. The number of fused-ring (bicyclic) bond motifs is 1. The van der Waals surface area contributed by atoms with Gasteiger partial charge in [0.15, 0.2) is 5.69 Å². The Morgan fingerprint density at radius 2 is 2.35 bits per heavy atom. The standard InChI is InChI=1S/C13H19N5O2/c1-13(2,9-20-3)15-12(19)17-4-5-18-11(8-17)6-10(7-14)16-18/h6H,4-5,8-9H2,1-3H3,(H,15,19). The summed E-state index contributed by atoms with van der Waals surface area (Å²) in [5.41, 5.74) is 0.857. The van der Waals surface area contributed by atoms with Crippen molar-refractivity contribution in [3.8, 4) is 6.07 Å². The molecule has 7 heteroatoms. The fourth-order valence-corrected chi connectivity index (χ4v) is 2.26. The summed E-state index contributed by atoms with van der Waals surface area (Å²) < 4.78 is 6.87. The fourth-order valence-electron chi connectivity index (χ4n) is 2.26. The lowest BCUT2D eigenvalue weighted by Gasteiger charge is -2.32.